The fourth-order valence-electron chi connectivity index (χ4n) is 4.15. The summed E-state index contributed by atoms with van der Waals surface area (Å²) in [7, 11) is 0. The first-order valence-electron chi connectivity index (χ1n) is 9.71. The Morgan fingerprint density at radius 1 is 1.00 bits per heavy atom. The average Bonchev–Trinajstić information content (AvgIpc) is 3.12. The van der Waals surface area contributed by atoms with E-state index in [2.05, 4.69) is 34.3 Å². The minimum atomic E-state index is -0.672. The van der Waals surface area contributed by atoms with E-state index >= 15 is 0 Å². The van der Waals surface area contributed by atoms with Gasteiger partial charge in [0.1, 0.15) is 11.4 Å². The van der Waals surface area contributed by atoms with Gasteiger partial charge in [-0.15, -0.1) is 0 Å². The number of anilines is 1. The molecule has 0 bridgehead atoms. The van der Waals surface area contributed by atoms with Crippen molar-refractivity contribution in [3.8, 4) is 5.75 Å². The number of hydrogen-bond donors (Lipinski definition) is 2. The van der Waals surface area contributed by atoms with Crippen molar-refractivity contribution >= 4 is 11.9 Å². The van der Waals surface area contributed by atoms with Gasteiger partial charge in [-0.25, -0.2) is 0 Å². The van der Waals surface area contributed by atoms with E-state index < -0.39 is 5.60 Å². The molecule has 4 rings (SSSR count). The molecule has 0 aliphatic carbocycles. The molecule has 2 aromatic carbocycles. The number of phenols is 1. The molecule has 0 amide bonds. The SMILES string of the molecule is Oc1ccccc1N1N=CCC1CC1(O)CCN(Cc2ccccc2)CC1. The van der Waals surface area contributed by atoms with Crippen molar-refractivity contribution in [2.75, 3.05) is 18.1 Å². The van der Waals surface area contributed by atoms with Crippen molar-refractivity contribution < 1.29 is 10.2 Å². The number of hydrogen-bond acceptors (Lipinski definition) is 5. The quantitative estimate of drug-likeness (QED) is 0.853. The lowest BCUT2D eigenvalue weighted by atomic mass is 9.84. The molecule has 2 heterocycles. The molecule has 1 unspecified atom stereocenters. The normalized spacial score (nSPS) is 22.3. The fraction of sp³-hybridized carbons (Fsp3) is 0.409. The number of likely N-dealkylation sites (tertiary alicyclic amines) is 1. The molecule has 0 saturated carbocycles. The first-order chi connectivity index (χ1) is 13.1. The molecule has 1 fully saturated rings. The largest absolute Gasteiger partial charge is 0.506 e. The molecule has 2 N–H and O–H groups in total. The van der Waals surface area contributed by atoms with E-state index in [4.69, 9.17) is 0 Å². The molecule has 0 spiro atoms. The van der Waals surface area contributed by atoms with Crippen LogP contribution in [0.25, 0.3) is 0 Å². The summed E-state index contributed by atoms with van der Waals surface area (Å²) in [5.74, 6) is 0.228. The van der Waals surface area contributed by atoms with Crippen molar-refractivity contribution in [3.05, 3.63) is 60.2 Å². The summed E-state index contributed by atoms with van der Waals surface area (Å²) in [6, 6.07) is 17.8. The van der Waals surface area contributed by atoms with Crippen molar-refractivity contribution in [2.45, 2.75) is 43.9 Å². The third-order valence-corrected chi connectivity index (χ3v) is 5.71. The number of nitrogens with zero attached hydrogens (tertiary/aromatic N) is 3. The van der Waals surface area contributed by atoms with Gasteiger partial charge in [-0.05, 0) is 37.0 Å². The molecular weight excluding hydrogens is 338 g/mol. The zero-order valence-corrected chi connectivity index (χ0v) is 15.5. The van der Waals surface area contributed by atoms with Crippen LogP contribution in [-0.4, -0.2) is 46.1 Å². The summed E-state index contributed by atoms with van der Waals surface area (Å²) in [6.07, 6.45) is 4.88. The molecule has 5 heteroatoms. The number of aromatic hydroxyl groups is 1. The number of aliphatic hydroxyl groups is 1. The second kappa shape index (κ2) is 7.71. The van der Waals surface area contributed by atoms with Crippen LogP contribution < -0.4 is 5.01 Å². The topological polar surface area (TPSA) is 59.3 Å². The summed E-state index contributed by atoms with van der Waals surface area (Å²) >= 11 is 0. The Kier molecular flexibility index (Phi) is 5.14. The lowest BCUT2D eigenvalue weighted by Crippen LogP contribution is -2.47. The first kappa shape index (κ1) is 18.0. The number of rotatable bonds is 5. The highest BCUT2D eigenvalue weighted by Crippen LogP contribution is 2.36. The second-order valence-corrected chi connectivity index (χ2v) is 7.71. The van der Waals surface area contributed by atoms with Gasteiger partial charge in [0.15, 0.2) is 0 Å². The van der Waals surface area contributed by atoms with E-state index in [0.29, 0.717) is 12.1 Å². The smallest absolute Gasteiger partial charge is 0.140 e. The number of benzene rings is 2. The maximum atomic E-state index is 11.2. The van der Waals surface area contributed by atoms with Crippen LogP contribution in [0.15, 0.2) is 59.7 Å². The molecule has 2 aliphatic heterocycles. The lowest BCUT2D eigenvalue weighted by Gasteiger charge is -2.40. The van der Waals surface area contributed by atoms with Gasteiger partial charge in [0, 0.05) is 32.3 Å². The molecule has 0 aromatic heterocycles. The van der Waals surface area contributed by atoms with Gasteiger partial charge in [0.05, 0.1) is 11.6 Å². The van der Waals surface area contributed by atoms with Crippen molar-refractivity contribution in [3.63, 3.8) is 0 Å². The van der Waals surface area contributed by atoms with E-state index in [1.165, 1.54) is 5.56 Å². The highest BCUT2D eigenvalue weighted by atomic mass is 16.3. The predicted octanol–water partition coefficient (Wildman–Crippen LogP) is 3.37. The Balaban J connectivity index is 1.36. The summed E-state index contributed by atoms with van der Waals surface area (Å²) in [4.78, 5) is 2.41. The van der Waals surface area contributed by atoms with Crippen LogP contribution in [0.3, 0.4) is 0 Å². The third kappa shape index (κ3) is 4.15. The first-order valence-corrected chi connectivity index (χ1v) is 9.71. The number of phenolic OH excluding ortho intramolecular Hbond substituents is 1. The Labute approximate surface area is 160 Å². The van der Waals surface area contributed by atoms with Crippen LogP contribution in [0, 0.1) is 0 Å². The Morgan fingerprint density at radius 3 is 2.44 bits per heavy atom. The van der Waals surface area contributed by atoms with E-state index in [-0.39, 0.29) is 11.8 Å². The molecule has 27 heavy (non-hydrogen) atoms. The number of para-hydroxylation sites is 2. The molecular formula is C22H27N3O2. The second-order valence-electron chi connectivity index (χ2n) is 7.71. The maximum Gasteiger partial charge on any atom is 0.140 e. The van der Waals surface area contributed by atoms with Crippen LogP contribution in [0.4, 0.5) is 5.69 Å². The molecule has 1 saturated heterocycles. The van der Waals surface area contributed by atoms with Gasteiger partial charge in [-0.1, -0.05) is 42.5 Å². The highest BCUT2D eigenvalue weighted by molar-refractivity contribution is 5.69. The van der Waals surface area contributed by atoms with Crippen LogP contribution in [-0.2, 0) is 6.54 Å². The van der Waals surface area contributed by atoms with Gasteiger partial charge in [0.2, 0.25) is 0 Å². The zero-order valence-electron chi connectivity index (χ0n) is 15.5. The van der Waals surface area contributed by atoms with Gasteiger partial charge in [-0.2, -0.15) is 5.10 Å². The highest BCUT2D eigenvalue weighted by Gasteiger charge is 2.37. The van der Waals surface area contributed by atoms with Crippen LogP contribution in [0.5, 0.6) is 5.75 Å². The van der Waals surface area contributed by atoms with Gasteiger partial charge in [-0.3, -0.25) is 9.91 Å². The number of piperidine rings is 1. The number of hydrazone groups is 1. The van der Waals surface area contributed by atoms with Gasteiger partial charge < -0.3 is 10.2 Å². The van der Waals surface area contributed by atoms with Gasteiger partial charge in [0.25, 0.3) is 0 Å². The van der Waals surface area contributed by atoms with Crippen LogP contribution in [0.2, 0.25) is 0 Å². The molecule has 0 radical (unpaired) electrons. The molecule has 2 aromatic rings. The van der Waals surface area contributed by atoms with E-state index in [0.717, 1.165) is 38.9 Å². The zero-order chi connectivity index (χ0) is 18.7. The summed E-state index contributed by atoms with van der Waals surface area (Å²) < 4.78 is 0. The molecule has 1 atom stereocenters. The van der Waals surface area contributed by atoms with E-state index in [1.807, 2.05) is 35.5 Å². The Morgan fingerprint density at radius 2 is 1.70 bits per heavy atom. The minimum Gasteiger partial charge on any atom is -0.506 e. The Hall–Kier alpha value is -2.37. The Bertz CT molecular complexity index is 785. The maximum absolute atomic E-state index is 11.2. The van der Waals surface area contributed by atoms with E-state index in [9.17, 15) is 10.2 Å². The fourth-order valence-corrected chi connectivity index (χ4v) is 4.15. The molecule has 142 valence electrons. The lowest BCUT2D eigenvalue weighted by molar-refractivity contribution is -0.0334. The average molecular weight is 365 g/mol. The monoisotopic (exact) mass is 365 g/mol. The molecule has 2 aliphatic rings. The van der Waals surface area contributed by atoms with Crippen molar-refractivity contribution in [2.24, 2.45) is 5.10 Å². The van der Waals surface area contributed by atoms with Crippen LogP contribution in [0.1, 0.15) is 31.2 Å². The van der Waals surface area contributed by atoms with Crippen molar-refractivity contribution in [1.29, 1.82) is 0 Å². The van der Waals surface area contributed by atoms with Crippen LogP contribution >= 0.6 is 0 Å². The van der Waals surface area contributed by atoms with Crippen molar-refractivity contribution in [1.82, 2.24) is 4.90 Å². The molecule has 5 nitrogen and oxygen atoms in total. The standard InChI is InChI=1S/C22H27N3O2/c26-21-9-5-4-8-20(21)25-19(10-13-23-25)16-22(27)11-14-24(15-12-22)17-18-6-2-1-3-7-18/h1-9,13,19,26-27H,10-12,14-17H2. The summed E-state index contributed by atoms with van der Waals surface area (Å²) in [5.41, 5.74) is 1.35. The summed E-state index contributed by atoms with van der Waals surface area (Å²) in [6.45, 7) is 2.73. The minimum absolute atomic E-state index is 0.0870. The van der Waals surface area contributed by atoms with E-state index in [1.54, 1.807) is 6.07 Å². The predicted molar refractivity (Wildman–Crippen MR) is 108 cm³/mol. The summed E-state index contributed by atoms with van der Waals surface area (Å²) in [5, 5.41) is 27.6. The van der Waals surface area contributed by atoms with Gasteiger partial charge >= 0.3 is 0 Å². The third-order valence-electron chi connectivity index (χ3n) is 5.71.